The van der Waals surface area contributed by atoms with Crippen molar-refractivity contribution in [1.29, 1.82) is 0 Å². The van der Waals surface area contributed by atoms with Gasteiger partial charge in [0.25, 0.3) is 5.91 Å². The second kappa shape index (κ2) is 10.4. The van der Waals surface area contributed by atoms with E-state index in [1.54, 1.807) is 37.8 Å². The molecule has 1 aliphatic carbocycles. The molecule has 1 aromatic carbocycles. The summed E-state index contributed by atoms with van der Waals surface area (Å²) in [6.07, 6.45) is 3.64. The molecular formula is C22H27N3O6S. The van der Waals surface area contributed by atoms with E-state index in [-0.39, 0.29) is 5.91 Å². The maximum Gasteiger partial charge on any atom is 0.332 e. The van der Waals surface area contributed by atoms with Gasteiger partial charge in [0.2, 0.25) is 5.91 Å². The lowest BCUT2D eigenvalue weighted by atomic mass is 9.81. The molecule has 0 atom stereocenters. The van der Waals surface area contributed by atoms with Gasteiger partial charge >= 0.3 is 5.97 Å². The second-order valence-corrected chi connectivity index (χ2v) is 8.41. The molecule has 0 spiro atoms. The van der Waals surface area contributed by atoms with Crippen LogP contribution in [-0.2, 0) is 19.1 Å². The van der Waals surface area contributed by atoms with E-state index in [2.05, 4.69) is 15.6 Å². The van der Waals surface area contributed by atoms with Crippen LogP contribution in [0.25, 0.3) is 11.3 Å². The number of thiazole rings is 1. The highest BCUT2D eigenvalue weighted by Crippen LogP contribution is 2.35. The van der Waals surface area contributed by atoms with Crippen molar-refractivity contribution in [3.63, 3.8) is 0 Å². The van der Waals surface area contributed by atoms with Crippen molar-refractivity contribution in [2.45, 2.75) is 44.6 Å². The van der Waals surface area contributed by atoms with E-state index in [1.807, 2.05) is 0 Å². The SMILES string of the molecule is COc1ccc(OC)c(-c2csc(NC(=O)COC(=O)C3(NC(C)=O)CCCCC3)n2)c1. The van der Waals surface area contributed by atoms with Crippen LogP contribution >= 0.6 is 11.3 Å². The Kier molecular flexibility index (Phi) is 7.68. The van der Waals surface area contributed by atoms with Crippen LogP contribution in [-0.4, -0.2) is 49.1 Å². The topological polar surface area (TPSA) is 116 Å². The first kappa shape index (κ1) is 23.5. The normalized spacial score (nSPS) is 14.8. The maximum absolute atomic E-state index is 12.7. The first-order valence-corrected chi connectivity index (χ1v) is 11.2. The average molecular weight is 462 g/mol. The molecule has 172 valence electrons. The minimum atomic E-state index is -1.05. The zero-order chi connectivity index (χ0) is 23.1. The number of methoxy groups -OCH3 is 2. The number of nitrogens with one attached hydrogen (secondary N) is 2. The smallest absolute Gasteiger partial charge is 0.332 e. The Hall–Kier alpha value is -3.14. The lowest BCUT2D eigenvalue weighted by Crippen LogP contribution is -2.56. The van der Waals surface area contributed by atoms with E-state index < -0.39 is 24.0 Å². The third-order valence-electron chi connectivity index (χ3n) is 5.28. The van der Waals surface area contributed by atoms with Gasteiger partial charge in [0, 0.05) is 17.9 Å². The first-order chi connectivity index (χ1) is 15.4. The molecule has 1 fully saturated rings. The molecule has 9 nitrogen and oxygen atoms in total. The van der Waals surface area contributed by atoms with Gasteiger partial charge in [0.1, 0.15) is 17.0 Å². The van der Waals surface area contributed by atoms with Gasteiger partial charge in [-0.3, -0.25) is 14.9 Å². The van der Waals surface area contributed by atoms with Crippen molar-refractivity contribution in [3.05, 3.63) is 23.6 Å². The zero-order valence-electron chi connectivity index (χ0n) is 18.4. The van der Waals surface area contributed by atoms with E-state index in [9.17, 15) is 14.4 Å². The van der Waals surface area contributed by atoms with E-state index in [4.69, 9.17) is 14.2 Å². The number of esters is 1. The molecule has 1 heterocycles. The fourth-order valence-electron chi connectivity index (χ4n) is 3.77. The molecule has 32 heavy (non-hydrogen) atoms. The van der Waals surface area contributed by atoms with Crippen LogP contribution in [0.5, 0.6) is 11.5 Å². The van der Waals surface area contributed by atoms with Gasteiger partial charge in [0.15, 0.2) is 11.7 Å². The molecule has 3 rings (SSSR count). The number of ether oxygens (including phenoxy) is 3. The third-order valence-corrected chi connectivity index (χ3v) is 6.04. The fraction of sp³-hybridized carbons (Fsp3) is 0.455. The summed E-state index contributed by atoms with van der Waals surface area (Å²) < 4.78 is 15.9. The van der Waals surface area contributed by atoms with Crippen LogP contribution in [0.2, 0.25) is 0 Å². The molecule has 1 aliphatic rings. The quantitative estimate of drug-likeness (QED) is 0.580. The Morgan fingerprint density at radius 1 is 1.12 bits per heavy atom. The summed E-state index contributed by atoms with van der Waals surface area (Å²) in [7, 11) is 3.14. The van der Waals surface area contributed by atoms with Crippen molar-refractivity contribution in [2.75, 3.05) is 26.1 Å². The molecule has 2 N–H and O–H groups in total. The number of carbonyl (C=O) groups is 3. The number of hydrogen-bond acceptors (Lipinski definition) is 8. The number of carbonyl (C=O) groups excluding carboxylic acids is 3. The monoisotopic (exact) mass is 461 g/mol. The van der Waals surface area contributed by atoms with Crippen LogP contribution in [0.3, 0.4) is 0 Å². The first-order valence-electron chi connectivity index (χ1n) is 10.3. The fourth-order valence-corrected chi connectivity index (χ4v) is 4.49. The van der Waals surface area contributed by atoms with Crippen molar-refractivity contribution in [2.24, 2.45) is 0 Å². The van der Waals surface area contributed by atoms with E-state index >= 15 is 0 Å². The number of nitrogens with zero attached hydrogens (tertiary/aromatic N) is 1. The molecule has 0 radical (unpaired) electrons. The largest absolute Gasteiger partial charge is 0.497 e. The predicted molar refractivity (Wildman–Crippen MR) is 120 cm³/mol. The Bertz CT molecular complexity index is 984. The van der Waals surface area contributed by atoms with Crippen LogP contribution in [0, 0.1) is 0 Å². The number of rotatable bonds is 8. The molecule has 0 saturated heterocycles. The molecule has 0 unspecified atom stereocenters. The van der Waals surface area contributed by atoms with Crippen LogP contribution in [0.1, 0.15) is 39.0 Å². The minimum absolute atomic E-state index is 0.295. The summed E-state index contributed by atoms with van der Waals surface area (Å²) in [5.74, 6) is -0.105. The van der Waals surface area contributed by atoms with Gasteiger partial charge < -0.3 is 19.5 Å². The van der Waals surface area contributed by atoms with Crippen LogP contribution in [0.4, 0.5) is 5.13 Å². The Balaban J connectivity index is 1.62. The number of amides is 2. The summed E-state index contributed by atoms with van der Waals surface area (Å²) >= 11 is 1.24. The highest BCUT2D eigenvalue weighted by Gasteiger charge is 2.42. The lowest BCUT2D eigenvalue weighted by Gasteiger charge is -2.35. The minimum Gasteiger partial charge on any atom is -0.497 e. The average Bonchev–Trinajstić information content (AvgIpc) is 3.25. The Morgan fingerprint density at radius 2 is 1.88 bits per heavy atom. The molecule has 2 amide bonds. The third kappa shape index (κ3) is 5.56. The van der Waals surface area contributed by atoms with Crippen molar-refractivity contribution in [1.82, 2.24) is 10.3 Å². The van der Waals surface area contributed by atoms with Crippen molar-refractivity contribution in [3.8, 4) is 22.8 Å². The molecule has 1 saturated carbocycles. The van der Waals surface area contributed by atoms with Gasteiger partial charge in [-0.25, -0.2) is 9.78 Å². The number of hydrogen-bond donors (Lipinski definition) is 2. The van der Waals surface area contributed by atoms with E-state index in [0.717, 1.165) is 24.8 Å². The molecule has 1 aromatic heterocycles. The van der Waals surface area contributed by atoms with Crippen molar-refractivity contribution >= 4 is 34.3 Å². The second-order valence-electron chi connectivity index (χ2n) is 7.55. The van der Waals surface area contributed by atoms with Crippen LogP contribution in [0.15, 0.2) is 23.6 Å². The number of anilines is 1. The van der Waals surface area contributed by atoms with Gasteiger partial charge in [-0.2, -0.15) is 0 Å². The van der Waals surface area contributed by atoms with Gasteiger partial charge in [-0.05, 0) is 31.0 Å². The van der Waals surface area contributed by atoms with Gasteiger partial charge in [-0.15, -0.1) is 11.3 Å². The van der Waals surface area contributed by atoms with E-state index in [0.29, 0.717) is 35.2 Å². The highest BCUT2D eigenvalue weighted by molar-refractivity contribution is 7.14. The van der Waals surface area contributed by atoms with Crippen LogP contribution < -0.4 is 20.1 Å². The maximum atomic E-state index is 12.7. The molecule has 0 bridgehead atoms. The molecule has 2 aromatic rings. The molecule has 0 aliphatic heterocycles. The standard InChI is InChI=1S/C22H27N3O6S/c1-14(26)25-22(9-5-4-6-10-22)20(28)31-12-19(27)24-21-23-17(13-32-21)16-11-15(29-2)7-8-18(16)30-3/h7-8,11,13H,4-6,9-10,12H2,1-3H3,(H,25,26)(H,23,24,27). The highest BCUT2D eigenvalue weighted by atomic mass is 32.1. The summed E-state index contributed by atoms with van der Waals surface area (Å²) in [6.45, 7) is 0.908. The lowest BCUT2D eigenvalue weighted by molar-refractivity contribution is -0.157. The Labute approximate surface area is 190 Å². The Morgan fingerprint density at radius 3 is 2.53 bits per heavy atom. The van der Waals surface area contributed by atoms with E-state index in [1.165, 1.54) is 18.3 Å². The summed E-state index contributed by atoms with van der Waals surface area (Å²) in [5, 5.41) is 7.52. The summed E-state index contributed by atoms with van der Waals surface area (Å²) in [5.41, 5.74) is 0.288. The zero-order valence-corrected chi connectivity index (χ0v) is 19.2. The van der Waals surface area contributed by atoms with Gasteiger partial charge in [-0.1, -0.05) is 19.3 Å². The predicted octanol–water partition coefficient (Wildman–Crippen LogP) is 3.15. The number of aromatic nitrogens is 1. The van der Waals surface area contributed by atoms with Crippen molar-refractivity contribution < 1.29 is 28.6 Å². The summed E-state index contributed by atoms with van der Waals surface area (Å²) in [6, 6.07) is 5.36. The molecule has 10 heteroatoms. The molecular weight excluding hydrogens is 434 g/mol. The number of benzene rings is 1. The van der Waals surface area contributed by atoms with Gasteiger partial charge in [0.05, 0.1) is 19.9 Å². The summed E-state index contributed by atoms with van der Waals surface area (Å²) in [4.78, 5) is 41.0.